The summed E-state index contributed by atoms with van der Waals surface area (Å²) in [7, 11) is -1.75. The zero-order valence-corrected chi connectivity index (χ0v) is 17.0. The van der Waals surface area contributed by atoms with Crippen LogP contribution in [0.25, 0.3) is 0 Å². The van der Waals surface area contributed by atoms with Crippen LogP contribution in [0.4, 0.5) is 5.69 Å². The fraction of sp³-hybridized carbons (Fsp3) is 0.227. The smallest absolute Gasteiger partial charge is 0.242 e. The van der Waals surface area contributed by atoms with Gasteiger partial charge in [-0.05, 0) is 62.8 Å². The normalized spacial score (nSPS) is 12.3. The van der Waals surface area contributed by atoms with Gasteiger partial charge in [-0.25, -0.2) is 4.99 Å². The van der Waals surface area contributed by atoms with E-state index in [2.05, 4.69) is 38.7 Å². The minimum Gasteiger partial charge on any atom is -0.543 e. The third-order valence-corrected chi connectivity index (χ3v) is 4.72. The molecule has 134 valence electrons. The lowest BCUT2D eigenvalue weighted by Gasteiger charge is -2.21. The molecule has 0 saturated heterocycles. The number of nitrogens with zero attached hydrogens (tertiary/aromatic N) is 1. The second-order valence-electron chi connectivity index (χ2n) is 7.44. The van der Waals surface area contributed by atoms with Crippen molar-refractivity contribution in [2.75, 3.05) is 0 Å². The molecule has 0 amide bonds. The highest BCUT2D eigenvalue weighted by Gasteiger charge is 2.20. The van der Waals surface area contributed by atoms with E-state index in [9.17, 15) is 0 Å². The summed E-state index contributed by atoms with van der Waals surface area (Å²) in [6, 6.07) is 18.2. The van der Waals surface area contributed by atoms with Crippen molar-refractivity contribution >= 4 is 19.7 Å². The van der Waals surface area contributed by atoms with E-state index in [1.165, 1.54) is 0 Å². The van der Waals surface area contributed by atoms with Gasteiger partial charge < -0.3 is 8.84 Å². The molecule has 4 heteroatoms. The predicted molar refractivity (Wildman–Crippen MR) is 110 cm³/mol. The van der Waals surface area contributed by atoms with E-state index in [1.807, 2.05) is 49.4 Å². The van der Waals surface area contributed by atoms with Crippen molar-refractivity contribution in [2.45, 2.75) is 33.5 Å². The maximum atomic E-state index is 6.30. The lowest BCUT2D eigenvalue weighted by Crippen LogP contribution is -2.29. The third kappa shape index (κ3) is 4.32. The predicted octanol–water partition coefficient (Wildman–Crippen LogP) is 6.28. The Morgan fingerprint density at radius 1 is 0.962 bits per heavy atom. The number of hydrogen-bond donors (Lipinski definition) is 0. The summed E-state index contributed by atoms with van der Waals surface area (Å²) >= 11 is 0. The maximum Gasteiger partial charge on any atom is 0.242 e. The zero-order chi connectivity index (χ0) is 18.7. The molecule has 0 aliphatic carbocycles. The van der Waals surface area contributed by atoms with E-state index >= 15 is 0 Å². The molecule has 0 bridgehead atoms. The van der Waals surface area contributed by atoms with Crippen LogP contribution in [0.5, 0.6) is 5.75 Å². The molecule has 0 unspecified atom stereocenters. The van der Waals surface area contributed by atoms with Crippen molar-refractivity contribution < 1.29 is 8.84 Å². The highest BCUT2D eigenvalue weighted by atomic mass is 28.4. The van der Waals surface area contributed by atoms with Crippen molar-refractivity contribution in [1.82, 2.24) is 0 Å². The lowest BCUT2D eigenvalue weighted by molar-refractivity contribution is 0.554. The summed E-state index contributed by atoms with van der Waals surface area (Å²) in [6.45, 7) is 10.6. The lowest BCUT2D eigenvalue weighted by atomic mass is 10.1. The number of furan rings is 1. The average molecular weight is 364 g/mol. The van der Waals surface area contributed by atoms with Crippen molar-refractivity contribution in [3.05, 3.63) is 83.3 Å². The molecule has 0 atom stereocenters. The van der Waals surface area contributed by atoms with Crippen LogP contribution in [-0.4, -0.2) is 14.0 Å². The standard InChI is InChI=1S/C22H25NO2Si/c1-16-11-12-19(20(15-16)25-26(3,4)5)23-21(18-9-7-6-8-10-18)22-17(2)13-14-24-22/h6-15H,1-5H3. The Morgan fingerprint density at radius 2 is 1.69 bits per heavy atom. The number of aryl methyl sites for hydroxylation is 2. The summed E-state index contributed by atoms with van der Waals surface area (Å²) in [6.07, 6.45) is 1.71. The molecule has 3 rings (SSSR count). The Morgan fingerprint density at radius 3 is 2.31 bits per heavy atom. The van der Waals surface area contributed by atoms with Gasteiger partial charge in [-0.3, -0.25) is 0 Å². The van der Waals surface area contributed by atoms with E-state index < -0.39 is 8.32 Å². The molecule has 0 radical (unpaired) electrons. The molecule has 0 N–H and O–H groups in total. The SMILES string of the molecule is Cc1ccc(N=C(c2ccccc2)c2occc2C)c(O[Si](C)(C)C)c1. The molecule has 26 heavy (non-hydrogen) atoms. The zero-order valence-electron chi connectivity index (χ0n) is 16.0. The topological polar surface area (TPSA) is 34.7 Å². The van der Waals surface area contributed by atoms with Crippen molar-refractivity contribution in [1.29, 1.82) is 0 Å². The molecule has 0 fully saturated rings. The summed E-state index contributed by atoms with van der Waals surface area (Å²) < 4.78 is 12.1. The van der Waals surface area contributed by atoms with Gasteiger partial charge in [0.05, 0.1) is 6.26 Å². The number of rotatable bonds is 5. The van der Waals surface area contributed by atoms with Crippen LogP contribution in [0.1, 0.15) is 22.5 Å². The molecule has 0 aliphatic rings. The summed E-state index contributed by atoms with van der Waals surface area (Å²) in [5.41, 5.74) is 4.88. The number of benzene rings is 2. The van der Waals surface area contributed by atoms with Crippen molar-refractivity contribution in [3.8, 4) is 5.75 Å². The first-order valence-corrected chi connectivity index (χ1v) is 12.2. The summed E-state index contributed by atoms with van der Waals surface area (Å²) in [5.74, 6) is 1.62. The monoisotopic (exact) mass is 363 g/mol. The summed E-state index contributed by atoms with van der Waals surface area (Å²) in [5, 5.41) is 0. The van der Waals surface area contributed by atoms with Gasteiger partial charge in [0.15, 0.2) is 5.76 Å². The van der Waals surface area contributed by atoms with Gasteiger partial charge in [-0.15, -0.1) is 0 Å². The molecule has 0 spiro atoms. The van der Waals surface area contributed by atoms with Crippen LogP contribution in [0.2, 0.25) is 19.6 Å². The third-order valence-electron chi connectivity index (χ3n) is 3.89. The fourth-order valence-corrected chi connectivity index (χ4v) is 3.53. The molecular formula is C22H25NO2Si. The first kappa shape index (κ1) is 18.2. The van der Waals surface area contributed by atoms with Crippen molar-refractivity contribution in [3.63, 3.8) is 0 Å². The highest BCUT2D eigenvalue weighted by Crippen LogP contribution is 2.32. The van der Waals surface area contributed by atoms with Gasteiger partial charge in [-0.2, -0.15) is 0 Å². The Labute approximate surface area is 156 Å². The van der Waals surface area contributed by atoms with Gasteiger partial charge in [0.2, 0.25) is 8.32 Å². The van der Waals surface area contributed by atoms with E-state index in [0.717, 1.165) is 39.6 Å². The number of aliphatic imine (C=N–C) groups is 1. The van der Waals surface area contributed by atoms with Gasteiger partial charge in [0.25, 0.3) is 0 Å². The van der Waals surface area contributed by atoms with E-state index in [4.69, 9.17) is 13.8 Å². The van der Waals surface area contributed by atoms with Crippen LogP contribution >= 0.6 is 0 Å². The largest absolute Gasteiger partial charge is 0.543 e. The van der Waals surface area contributed by atoms with Gasteiger partial charge in [-0.1, -0.05) is 36.4 Å². The minimum absolute atomic E-state index is 0.788. The van der Waals surface area contributed by atoms with E-state index in [0.29, 0.717) is 0 Å². The molecular weight excluding hydrogens is 338 g/mol. The average Bonchev–Trinajstić information content (AvgIpc) is 2.99. The molecule has 3 aromatic rings. The van der Waals surface area contributed by atoms with Crippen molar-refractivity contribution in [2.24, 2.45) is 4.99 Å². The van der Waals surface area contributed by atoms with Crippen LogP contribution in [0.15, 0.2) is 70.3 Å². The Bertz CT molecular complexity index is 921. The van der Waals surface area contributed by atoms with Gasteiger partial charge in [0, 0.05) is 5.56 Å². The summed E-state index contributed by atoms with van der Waals surface area (Å²) in [4.78, 5) is 4.98. The van der Waals surface area contributed by atoms with Crippen LogP contribution in [0.3, 0.4) is 0 Å². The van der Waals surface area contributed by atoms with E-state index in [-0.39, 0.29) is 0 Å². The molecule has 3 nitrogen and oxygen atoms in total. The maximum absolute atomic E-state index is 6.30. The Balaban J connectivity index is 2.17. The molecule has 0 saturated carbocycles. The second kappa shape index (κ2) is 7.34. The molecule has 0 aliphatic heterocycles. The van der Waals surface area contributed by atoms with Gasteiger partial charge in [0.1, 0.15) is 17.1 Å². The van der Waals surface area contributed by atoms with Crippen LogP contribution in [0, 0.1) is 13.8 Å². The first-order chi connectivity index (χ1) is 12.3. The molecule has 1 heterocycles. The van der Waals surface area contributed by atoms with Crippen LogP contribution < -0.4 is 4.43 Å². The minimum atomic E-state index is -1.75. The van der Waals surface area contributed by atoms with Gasteiger partial charge >= 0.3 is 0 Å². The fourth-order valence-electron chi connectivity index (χ4n) is 2.70. The second-order valence-corrected chi connectivity index (χ2v) is 11.9. The number of hydrogen-bond acceptors (Lipinski definition) is 3. The molecule has 2 aromatic carbocycles. The first-order valence-electron chi connectivity index (χ1n) is 8.82. The Kier molecular flexibility index (Phi) is 5.14. The highest BCUT2D eigenvalue weighted by molar-refractivity contribution is 6.70. The van der Waals surface area contributed by atoms with Crippen LogP contribution in [-0.2, 0) is 0 Å². The van der Waals surface area contributed by atoms with E-state index in [1.54, 1.807) is 6.26 Å². The molecule has 1 aromatic heterocycles. The Hall–Kier alpha value is -2.59. The quantitative estimate of drug-likeness (QED) is 0.395.